The number of amides is 2. The van der Waals surface area contributed by atoms with Crippen LogP contribution in [0.1, 0.15) is 35.2 Å². The molecule has 0 aliphatic rings. The van der Waals surface area contributed by atoms with Gasteiger partial charge in [0.25, 0.3) is 5.91 Å². The summed E-state index contributed by atoms with van der Waals surface area (Å²) >= 11 is 0. The fourth-order valence-corrected chi connectivity index (χ4v) is 1.58. The lowest BCUT2D eigenvalue weighted by Gasteiger charge is -2.12. The van der Waals surface area contributed by atoms with Gasteiger partial charge in [0, 0.05) is 0 Å². The van der Waals surface area contributed by atoms with E-state index in [0.717, 1.165) is 0 Å². The average molecular weight is 269 g/mol. The van der Waals surface area contributed by atoms with Crippen molar-refractivity contribution in [2.45, 2.75) is 32.7 Å². The number of carbonyl (C=O) groups is 3. The zero-order valence-corrected chi connectivity index (χ0v) is 10.6. The third-order valence-corrected chi connectivity index (χ3v) is 2.50. The molecule has 1 rings (SSSR count). The predicted molar refractivity (Wildman–Crippen MR) is 63.3 cm³/mol. The van der Waals surface area contributed by atoms with Crippen LogP contribution in [0.5, 0.6) is 0 Å². The quantitative estimate of drug-likeness (QED) is 0.643. The van der Waals surface area contributed by atoms with Gasteiger partial charge in [0.1, 0.15) is 17.4 Å². The van der Waals surface area contributed by atoms with E-state index in [-0.39, 0.29) is 11.3 Å². The molecule has 1 aromatic heterocycles. The Bertz CT molecular complexity index is 508. The molecule has 0 bridgehead atoms. The van der Waals surface area contributed by atoms with E-state index in [2.05, 4.69) is 10.5 Å². The Morgan fingerprint density at radius 3 is 2.58 bits per heavy atom. The lowest BCUT2D eigenvalue weighted by molar-refractivity contribution is -0.140. The Labute approximate surface area is 108 Å². The van der Waals surface area contributed by atoms with Gasteiger partial charge in [-0.2, -0.15) is 0 Å². The number of aromatic nitrogens is 1. The molecule has 0 aromatic carbocycles. The SMILES string of the molecule is CCc1noc(C)c1C(=O)N[C@@H](CC(N)=O)C(=O)O. The molecule has 0 fully saturated rings. The molecule has 1 aromatic rings. The molecule has 0 saturated heterocycles. The van der Waals surface area contributed by atoms with Gasteiger partial charge < -0.3 is 20.7 Å². The summed E-state index contributed by atoms with van der Waals surface area (Å²) in [6, 6.07) is -1.37. The highest BCUT2D eigenvalue weighted by Crippen LogP contribution is 2.14. The smallest absolute Gasteiger partial charge is 0.326 e. The van der Waals surface area contributed by atoms with Crippen LogP contribution in [0.3, 0.4) is 0 Å². The third kappa shape index (κ3) is 3.54. The van der Waals surface area contributed by atoms with Crippen molar-refractivity contribution in [2.24, 2.45) is 5.73 Å². The lowest BCUT2D eigenvalue weighted by atomic mass is 10.1. The summed E-state index contributed by atoms with van der Waals surface area (Å²) in [5, 5.41) is 14.8. The Kier molecular flexibility index (Phi) is 4.62. The van der Waals surface area contributed by atoms with Crippen LogP contribution < -0.4 is 11.1 Å². The Morgan fingerprint density at radius 1 is 1.47 bits per heavy atom. The molecule has 2 amide bonds. The van der Waals surface area contributed by atoms with Crippen molar-refractivity contribution in [1.82, 2.24) is 10.5 Å². The summed E-state index contributed by atoms with van der Waals surface area (Å²) in [7, 11) is 0. The Balaban J connectivity index is 2.90. The number of nitrogens with zero attached hydrogens (tertiary/aromatic N) is 1. The number of carbonyl (C=O) groups excluding carboxylic acids is 2. The molecule has 0 unspecified atom stereocenters. The largest absolute Gasteiger partial charge is 0.480 e. The van der Waals surface area contributed by atoms with Crippen molar-refractivity contribution in [3.8, 4) is 0 Å². The standard InChI is InChI=1S/C11H15N3O5/c1-3-6-9(5(2)19-14-6)10(16)13-7(11(17)18)4-8(12)15/h7H,3-4H2,1-2H3,(H2,12,15)(H,13,16)(H,17,18)/t7-/m0/s1. The van der Waals surface area contributed by atoms with Crippen LogP contribution >= 0.6 is 0 Å². The monoisotopic (exact) mass is 269 g/mol. The van der Waals surface area contributed by atoms with Gasteiger partial charge in [0.05, 0.1) is 12.1 Å². The number of carboxylic acids is 1. The second kappa shape index (κ2) is 5.98. The zero-order valence-electron chi connectivity index (χ0n) is 10.6. The second-order valence-corrected chi connectivity index (χ2v) is 3.95. The molecule has 4 N–H and O–H groups in total. The molecule has 0 spiro atoms. The topological polar surface area (TPSA) is 136 Å². The van der Waals surface area contributed by atoms with E-state index in [1.54, 1.807) is 13.8 Å². The first kappa shape index (κ1) is 14.7. The van der Waals surface area contributed by atoms with Crippen molar-refractivity contribution < 1.29 is 24.0 Å². The molecule has 19 heavy (non-hydrogen) atoms. The van der Waals surface area contributed by atoms with Crippen LogP contribution in [0.4, 0.5) is 0 Å². The summed E-state index contributed by atoms with van der Waals surface area (Å²) < 4.78 is 4.88. The van der Waals surface area contributed by atoms with Crippen LogP contribution in [-0.4, -0.2) is 34.1 Å². The van der Waals surface area contributed by atoms with Crippen molar-refractivity contribution >= 4 is 17.8 Å². The van der Waals surface area contributed by atoms with Crippen molar-refractivity contribution in [3.05, 3.63) is 17.0 Å². The molecular weight excluding hydrogens is 254 g/mol. The highest BCUT2D eigenvalue weighted by atomic mass is 16.5. The van der Waals surface area contributed by atoms with Crippen LogP contribution in [0.25, 0.3) is 0 Å². The minimum atomic E-state index is -1.37. The highest BCUT2D eigenvalue weighted by Gasteiger charge is 2.26. The molecule has 1 atom stereocenters. The van der Waals surface area contributed by atoms with E-state index in [9.17, 15) is 14.4 Å². The number of aliphatic carboxylic acids is 1. The van der Waals surface area contributed by atoms with Gasteiger partial charge in [-0.1, -0.05) is 12.1 Å². The molecule has 8 heteroatoms. The number of primary amides is 1. The first-order chi connectivity index (χ1) is 8.86. The first-order valence-electron chi connectivity index (χ1n) is 5.63. The number of nitrogens with two attached hydrogens (primary N) is 1. The van der Waals surface area contributed by atoms with Gasteiger partial charge in [0.15, 0.2) is 0 Å². The lowest BCUT2D eigenvalue weighted by Crippen LogP contribution is -2.43. The minimum Gasteiger partial charge on any atom is -0.480 e. The third-order valence-electron chi connectivity index (χ3n) is 2.50. The second-order valence-electron chi connectivity index (χ2n) is 3.95. The summed E-state index contributed by atoms with van der Waals surface area (Å²) in [4.78, 5) is 33.6. The number of rotatable bonds is 6. The van der Waals surface area contributed by atoms with Crippen LogP contribution in [0, 0.1) is 6.92 Å². The van der Waals surface area contributed by atoms with E-state index in [1.807, 2.05) is 0 Å². The molecule has 1 heterocycles. The predicted octanol–water partition coefficient (Wildman–Crippen LogP) is -0.396. The average Bonchev–Trinajstić information content (AvgIpc) is 2.68. The van der Waals surface area contributed by atoms with Gasteiger partial charge in [-0.05, 0) is 13.3 Å². The van der Waals surface area contributed by atoms with E-state index < -0.39 is 30.2 Å². The number of carboxylic acid groups (broad SMARTS) is 1. The normalized spacial score (nSPS) is 11.9. The van der Waals surface area contributed by atoms with E-state index in [4.69, 9.17) is 15.4 Å². The maximum atomic E-state index is 12.0. The van der Waals surface area contributed by atoms with E-state index >= 15 is 0 Å². The molecule has 0 saturated carbocycles. The van der Waals surface area contributed by atoms with E-state index in [1.165, 1.54) is 0 Å². The molecule has 0 radical (unpaired) electrons. The maximum absolute atomic E-state index is 12.0. The molecule has 0 aliphatic heterocycles. The van der Waals surface area contributed by atoms with E-state index in [0.29, 0.717) is 12.1 Å². The fraction of sp³-hybridized carbons (Fsp3) is 0.455. The fourth-order valence-electron chi connectivity index (χ4n) is 1.58. The molecule has 8 nitrogen and oxygen atoms in total. The van der Waals surface area contributed by atoms with Gasteiger partial charge in [-0.25, -0.2) is 4.79 Å². The van der Waals surface area contributed by atoms with Crippen molar-refractivity contribution in [1.29, 1.82) is 0 Å². The Hall–Kier alpha value is -2.38. The van der Waals surface area contributed by atoms with Crippen LogP contribution in [-0.2, 0) is 16.0 Å². The number of hydrogen-bond donors (Lipinski definition) is 3. The highest BCUT2D eigenvalue weighted by molar-refractivity contribution is 5.99. The summed E-state index contributed by atoms with van der Waals surface area (Å²) in [6.45, 7) is 3.33. The summed E-state index contributed by atoms with van der Waals surface area (Å²) in [5.41, 5.74) is 5.55. The van der Waals surface area contributed by atoms with Crippen LogP contribution in [0.15, 0.2) is 4.52 Å². The first-order valence-corrected chi connectivity index (χ1v) is 5.63. The summed E-state index contributed by atoms with van der Waals surface area (Å²) in [5.74, 6) is -2.51. The maximum Gasteiger partial charge on any atom is 0.326 e. The van der Waals surface area contributed by atoms with Gasteiger partial charge in [-0.3, -0.25) is 9.59 Å². The van der Waals surface area contributed by atoms with Gasteiger partial charge in [-0.15, -0.1) is 0 Å². The minimum absolute atomic E-state index is 0.193. The number of nitrogens with one attached hydrogen (secondary N) is 1. The number of aryl methyl sites for hydroxylation is 2. The van der Waals surface area contributed by atoms with Crippen molar-refractivity contribution in [3.63, 3.8) is 0 Å². The molecule has 104 valence electrons. The number of hydrogen-bond acceptors (Lipinski definition) is 5. The molecular formula is C11H15N3O5. The van der Waals surface area contributed by atoms with Crippen molar-refractivity contribution in [2.75, 3.05) is 0 Å². The van der Waals surface area contributed by atoms with Gasteiger partial charge >= 0.3 is 5.97 Å². The summed E-state index contributed by atoms with van der Waals surface area (Å²) in [6.07, 6.45) is -0.0134. The Morgan fingerprint density at radius 2 is 2.11 bits per heavy atom. The van der Waals surface area contributed by atoms with Crippen LogP contribution in [0.2, 0.25) is 0 Å². The van der Waals surface area contributed by atoms with Gasteiger partial charge in [0.2, 0.25) is 5.91 Å². The molecule has 0 aliphatic carbocycles. The zero-order chi connectivity index (χ0) is 14.6.